The Morgan fingerprint density at radius 1 is 0.759 bits per heavy atom. The first-order chi connectivity index (χ1) is 14.0. The molecular formula is C22H28N2O5. The first-order valence-corrected chi connectivity index (χ1v) is 9.79. The Labute approximate surface area is 171 Å². The highest BCUT2D eigenvalue weighted by atomic mass is 16.5. The monoisotopic (exact) mass is 400 g/mol. The van der Waals surface area contributed by atoms with Crippen molar-refractivity contribution in [3.8, 4) is 17.2 Å². The minimum Gasteiger partial charge on any atom is -0.490 e. The van der Waals surface area contributed by atoms with Crippen molar-refractivity contribution in [1.82, 2.24) is 0 Å². The summed E-state index contributed by atoms with van der Waals surface area (Å²) >= 11 is 0. The predicted octanol–water partition coefficient (Wildman–Crippen LogP) is 4.48. The van der Waals surface area contributed by atoms with Crippen LogP contribution in [0.1, 0.15) is 44.5 Å². The van der Waals surface area contributed by atoms with Crippen LogP contribution < -0.4 is 24.8 Å². The number of rotatable bonds is 10. The molecule has 0 aromatic heterocycles. The molecule has 0 fully saturated rings. The molecule has 2 aromatic carbocycles. The first-order valence-electron chi connectivity index (χ1n) is 9.79. The van der Waals surface area contributed by atoms with E-state index in [1.54, 1.807) is 43.3 Å². The van der Waals surface area contributed by atoms with E-state index in [0.29, 0.717) is 60.4 Å². The van der Waals surface area contributed by atoms with E-state index in [4.69, 9.17) is 14.2 Å². The summed E-state index contributed by atoms with van der Waals surface area (Å²) in [6.07, 6.45) is 0.403. The summed E-state index contributed by atoms with van der Waals surface area (Å²) in [4.78, 5) is 24.2. The average Bonchev–Trinajstić information content (AvgIpc) is 2.71. The minimum atomic E-state index is -0.305. The quantitative estimate of drug-likeness (QED) is 0.614. The van der Waals surface area contributed by atoms with Gasteiger partial charge in [-0.2, -0.15) is 0 Å². The molecule has 0 aliphatic rings. The van der Waals surface area contributed by atoms with Crippen LogP contribution in [-0.4, -0.2) is 31.6 Å². The zero-order valence-electron chi connectivity index (χ0n) is 17.3. The van der Waals surface area contributed by atoms with Gasteiger partial charge in [0.05, 0.1) is 19.8 Å². The molecule has 29 heavy (non-hydrogen) atoms. The summed E-state index contributed by atoms with van der Waals surface area (Å²) in [6.45, 7) is 8.70. The molecule has 0 heterocycles. The molecule has 2 rings (SSSR count). The molecule has 0 saturated carbocycles. The van der Waals surface area contributed by atoms with Gasteiger partial charge in [0.1, 0.15) is 0 Å². The van der Waals surface area contributed by atoms with E-state index in [0.717, 1.165) is 0 Å². The molecule has 0 atom stereocenters. The minimum absolute atomic E-state index is 0.0666. The van der Waals surface area contributed by atoms with E-state index in [1.807, 2.05) is 20.8 Å². The Morgan fingerprint density at radius 2 is 1.24 bits per heavy atom. The maximum atomic E-state index is 12.8. The number of hydrogen-bond acceptors (Lipinski definition) is 5. The Bertz CT molecular complexity index is 807. The van der Waals surface area contributed by atoms with Gasteiger partial charge in [0, 0.05) is 23.4 Å². The van der Waals surface area contributed by atoms with Crippen molar-refractivity contribution >= 4 is 23.2 Å². The van der Waals surface area contributed by atoms with Gasteiger partial charge in [-0.25, -0.2) is 0 Å². The van der Waals surface area contributed by atoms with Gasteiger partial charge < -0.3 is 24.8 Å². The van der Waals surface area contributed by atoms with Gasteiger partial charge in [-0.3, -0.25) is 9.59 Å². The third kappa shape index (κ3) is 6.14. The SMILES string of the molecule is CCOc1cc(C(=O)Nc2ccc(NC(=O)CC)cc2)cc(OCC)c1OCC. The third-order valence-corrected chi connectivity index (χ3v) is 3.92. The van der Waals surface area contributed by atoms with E-state index >= 15 is 0 Å². The summed E-state index contributed by atoms with van der Waals surface area (Å²) in [7, 11) is 0. The number of amides is 2. The van der Waals surface area contributed by atoms with Crippen LogP contribution in [0.5, 0.6) is 17.2 Å². The van der Waals surface area contributed by atoms with Gasteiger partial charge in [-0.05, 0) is 57.2 Å². The molecule has 2 N–H and O–H groups in total. The topological polar surface area (TPSA) is 85.9 Å². The van der Waals surface area contributed by atoms with Crippen molar-refractivity contribution < 1.29 is 23.8 Å². The zero-order chi connectivity index (χ0) is 21.2. The van der Waals surface area contributed by atoms with Gasteiger partial charge in [0.15, 0.2) is 11.5 Å². The molecule has 2 aromatic rings. The lowest BCUT2D eigenvalue weighted by atomic mass is 10.1. The zero-order valence-corrected chi connectivity index (χ0v) is 17.3. The molecular weight excluding hydrogens is 372 g/mol. The molecule has 0 aliphatic carbocycles. The van der Waals surface area contributed by atoms with Gasteiger partial charge >= 0.3 is 0 Å². The van der Waals surface area contributed by atoms with Crippen LogP contribution in [0, 0.1) is 0 Å². The predicted molar refractivity (Wildman–Crippen MR) is 113 cm³/mol. The lowest BCUT2D eigenvalue weighted by Crippen LogP contribution is -2.14. The second kappa shape index (κ2) is 10.9. The summed E-state index contributed by atoms with van der Waals surface area (Å²) in [5.41, 5.74) is 1.67. The maximum Gasteiger partial charge on any atom is 0.255 e. The summed E-state index contributed by atoms with van der Waals surface area (Å²) in [6, 6.07) is 10.2. The van der Waals surface area contributed by atoms with Crippen molar-refractivity contribution in [3.05, 3.63) is 42.0 Å². The maximum absolute atomic E-state index is 12.8. The highest BCUT2D eigenvalue weighted by molar-refractivity contribution is 6.05. The fraction of sp³-hybridized carbons (Fsp3) is 0.364. The summed E-state index contributed by atoms with van der Waals surface area (Å²) in [5.74, 6) is 1.04. The van der Waals surface area contributed by atoms with E-state index in [-0.39, 0.29) is 11.8 Å². The largest absolute Gasteiger partial charge is 0.490 e. The fourth-order valence-electron chi connectivity index (χ4n) is 2.61. The van der Waals surface area contributed by atoms with E-state index in [1.165, 1.54) is 0 Å². The van der Waals surface area contributed by atoms with Crippen molar-refractivity contribution in [1.29, 1.82) is 0 Å². The van der Waals surface area contributed by atoms with Crippen LogP contribution in [-0.2, 0) is 4.79 Å². The van der Waals surface area contributed by atoms with Crippen LogP contribution in [0.15, 0.2) is 36.4 Å². The Kier molecular flexibility index (Phi) is 8.33. The molecule has 7 heteroatoms. The number of carbonyl (C=O) groups is 2. The molecule has 0 radical (unpaired) electrons. The van der Waals surface area contributed by atoms with Gasteiger partial charge in [0.25, 0.3) is 5.91 Å². The van der Waals surface area contributed by atoms with Crippen LogP contribution in [0.3, 0.4) is 0 Å². The molecule has 0 unspecified atom stereocenters. The van der Waals surface area contributed by atoms with E-state index in [9.17, 15) is 9.59 Å². The van der Waals surface area contributed by atoms with Gasteiger partial charge in [0.2, 0.25) is 11.7 Å². The molecule has 0 bridgehead atoms. The number of carbonyl (C=O) groups excluding carboxylic acids is 2. The second-order valence-corrected chi connectivity index (χ2v) is 6.03. The molecule has 0 aliphatic heterocycles. The molecule has 156 valence electrons. The number of anilines is 2. The lowest BCUT2D eigenvalue weighted by Gasteiger charge is -2.17. The Balaban J connectivity index is 2.23. The van der Waals surface area contributed by atoms with Gasteiger partial charge in [-0.15, -0.1) is 0 Å². The number of nitrogens with one attached hydrogen (secondary N) is 2. The van der Waals surface area contributed by atoms with E-state index in [2.05, 4.69) is 10.6 Å². The van der Waals surface area contributed by atoms with E-state index < -0.39 is 0 Å². The van der Waals surface area contributed by atoms with Crippen LogP contribution in [0.25, 0.3) is 0 Å². The van der Waals surface area contributed by atoms with Crippen molar-refractivity contribution in [3.63, 3.8) is 0 Å². The number of hydrogen-bond donors (Lipinski definition) is 2. The van der Waals surface area contributed by atoms with Gasteiger partial charge in [-0.1, -0.05) is 6.92 Å². The molecule has 7 nitrogen and oxygen atoms in total. The summed E-state index contributed by atoms with van der Waals surface area (Å²) in [5, 5.41) is 5.61. The van der Waals surface area contributed by atoms with Crippen LogP contribution >= 0.6 is 0 Å². The highest BCUT2D eigenvalue weighted by Gasteiger charge is 2.18. The first kappa shape index (κ1) is 22.1. The molecule has 0 spiro atoms. The number of benzene rings is 2. The molecule has 0 saturated heterocycles. The molecule has 2 amide bonds. The smallest absolute Gasteiger partial charge is 0.255 e. The Morgan fingerprint density at radius 3 is 1.69 bits per heavy atom. The van der Waals surface area contributed by atoms with Crippen LogP contribution in [0.4, 0.5) is 11.4 Å². The average molecular weight is 400 g/mol. The lowest BCUT2D eigenvalue weighted by molar-refractivity contribution is -0.115. The standard InChI is InChI=1S/C22H28N2O5/c1-5-20(25)23-16-9-11-17(12-10-16)24-22(26)15-13-18(27-6-2)21(29-8-4)19(14-15)28-7-3/h9-14H,5-8H2,1-4H3,(H,23,25)(H,24,26). The van der Waals surface area contributed by atoms with Crippen LogP contribution in [0.2, 0.25) is 0 Å². The highest BCUT2D eigenvalue weighted by Crippen LogP contribution is 2.39. The second-order valence-electron chi connectivity index (χ2n) is 6.03. The van der Waals surface area contributed by atoms with Crippen molar-refractivity contribution in [2.45, 2.75) is 34.1 Å². The third-order valence-electron chi connectivity index (χ3n) is 3.92. The van der Waals surface area contributed by atoms with Crippen molar-refractivity contribution in [2.24, 2.45) is 0 Å². The Hall–Kier alpha value is -3.22. The van der Waals surface area contributed by atoms with Crippen molar-refractivity contribution in [2.75, 3.05) is 30.5 Å². The normalized spacial score (nSPS) is 10.2. The fourth-order valence-corrected chi connectivity index (χ4v) is 2.61. The number of ether oxygens (including phenoxy) is 3. The summed E-state index contributed by atoms with van der Waals surface area (Å²) < 4.78 is 17.0.